The molecule has 0 heterocycles. The van der Waals surface area contributed by atoms with E-state index in [1.807, 2.05) is 0 Å². The van der Waals surface area contributed by atoms with Gasteiger partial charge >= 0.3 is 128 Å². The molecule has 0 bridgehead atoms. The predicted octanol–water partition coefficient (Wildman–Crippen LogP) is 5.34. The molecule has 0 fully saturated rings. The van der Waals surface area contributed by atoms with Crippen molar-refractivity contribution in [3.63, 3.8) is 0 Å². The molecule has 0 saturated carbocycles. The molecule has 3 radical (unpaired) electrons. The number of ether oxygens (including phenoxy) is 1. The van der Waals surface area contributed by atoms with Gasteiger partial charge in [0.25, 0.3) is 0 Å². The van der Waals surface area contributed by atoms with Gasteiger partial charge in [-0.2, -0.15) is 0 Å². The molecule has 0 unspecified atom stereocenters. The van der Waals surface area contributed by atoms with Crippen LogP contribution in [0.15, 0.2) is 10.4 Å². The summed E-state index contributed by atoms with van der Waals surface area (Å²) < 4.78 is 7.21. The molecule has 0 saturated heterocycles. The molecule has 18 heavy (non-hydrogen) atoms. The van der Waals surface area contributed by atoms with Crippen molar-refractivity contribution in [2.45, 2.75) is 90.6 Å². The number of hydrogen-bond donors (Lipinski definition) is 0. The standard InChI is InChI=1S/C16H31O.Sn/c1-5-9-12-15-16(17-8-4,13-10-6-2)14-11-7-3;/h4-7,9-15H2,1-3H3;. The summed E-state index contributed by atoms with van der Waals surface area (Å²) in [5.41, 5.74) is 0.0989. The molecule has 0 aromatic carbocycles. The van der Waals surface area contributed by atoms with Crippen LogP contribution in [-0.2, 0) is 4.74 Å². The molecule has 0 atom stereocenters. The summed E-state index contributed by atoms with van der Waals surface area (Å²) in [4.78, 5) is 0. The monoisotopic (exact) mass is 359 g/mol. The van der Waals surface area contributed by atoms with E-state index in [4.69, 9.17) is 4.74 Å². The van der Waals surface area contributed by atoms with Gasteiger partial charge in [-0.3, -0.25) is 0 Å². The fourth-order valence-corrected chi connectivity index (χ4v) is 3.10. The summed E-state index contributed by atoms with van der Waals surface area (Å²) in [6.45, 7) is 10.8. The summed E-state index contributed by atoms with van der Waals surface area (Å²) in [7, 11) is 0. The van der Waals surface area contributed by atoms with Crippen LogP contribution >= 0.6 is 0 Å². The van der Waals surface area contributed by atoms with Crippen LogP contribution in [0.5, 0.6) is 0 Å². The molecular weight excluding hydrogens is 327 g/mol. The Morgan fingerprint density at radius 3 is 1.72 bits per heavy atom. The van der Waals surface area contributed by atoms with Gasteiger partial charge in [-0.1, -0.05) is 0 Å². The number of unbranched alkanes of at least 4 members (excludes halogenated alkanes) is 4. The summed E-state index contributed by atoms with van der Waals surface area (Å²) >= 11 is 1.32. The quantitative estimate of drug-likeness (QED) is 0.260. The van der Waals surface area contributed by atoms with Crippen LogP contribution in [0.25, 0.3) is 0 Å². The second-order valence-corrected chi connectivity index (χ2v) is 6.96. The van der Waals surface area contributed by atoms with Crippen molar-refractivity contribution < 1.29 is 4.74 Å². The molecule has 0 N–H and O–H groups in total. The zero-order valence-electron chi connectivity index (χ0n) is 12.7. The van der Waals surface area contributed by atoms with Crippen LogP contribution in [-0.4, -0.2) is 28.1 Å². The maximum atomic E-state index is 6.23. The average Bonchev–Trinajstić information content (AvgIpc) is 2.33. The second kappa shape index (κ2) is 11.2. The first kappa shape index (κ1) is 18.3. The zero-order chi connectivity index (χ0) is 13.9. The fourth-order valence-electron chi connectivity index (χ4n) is 2.48. The van der Waals surface area contributed by atoms with Gasteiger partial charge in [0.2, 0.25) is 0 Å². The molecular formula is C16H31OSn. The van der Waals surface area contributed by atoms with Crippen molar-refractivity contribution in [2.24, 2.45) is 0 Å². The minimum atomic E-state index is 0.0989. The van der Waals surface area contributed by atoms with Gasteiger partial charge in [0.05, 0.1) is 0 Å². The Hall–Kier alpha value is 0.339. The Labute approximate surface area is 128 Å². The Morgan fingerprint density at radius 1 is 0.889 bits per heavy atom. The van der Waals surface area contributed by atoms with Crippen molar-refractivity contribution >= 4 is 22.5 Å². The average molecular weight is 358 g/mol. The molecule has 0 aromatic rings. The Morgan fingerprint density at radius 2 is 1.33 bits per heavy atom. The first-order valence-electron chi connectivity index (χ1n) is 7.69. The Bertz CT molecular complexity index is 205. The van der Waals surface area contributed by atoms with E-state index < -0.39 is 0 Å². The fraction of sp³-hybridized carbons (Fsp3) is 0.875. The SMILES string of the molecule is C=[C]([Sn])OC(CCCC)(CCCC)CCCCC. The summed E-state index contributed by atoms with van der Waals surface area (Å²) in [6.07, 6.45) is 12.6. The summed E-state index contributed by atoms with van der Waals surface area (Å²) in [6, 6.07) is 0. The van der Waals surface area contributed by atoms with Crippen molar-refractivity contribution in [3.8, 4) is 0 Å². The molecule has 105 valence electrons. The van der Waals surface area contributed by atoms with Crippen LogP contribution in [0.1, 0.15) is 85.0 Å². The molecule has 1 nitrogen and oxygen atoms in total. The molecule has 0 spiro atoms. The molecule has 0 rings (SSSR count). The van der Waals surface area contributed by atoms with E-state index in [0.717, 1.165) is 3.78 Å². The third-order valence-electron chi connectivity index (χ3n) is 3.55. The topological polar surface area (TPSA) is 9.23 Å². The zero-order valence-corrected chi connectivity index (χ0v) is 15.5. The normalized spacial score (nSPS) is 11.6. The van der Waals surface area contributed by atoms with Crippen LogP contribution in [0.2, 0.25) is 0 Å². The van der Waals surface area contributed by atoms with Gasteiger partial charge in [-0.05, 0) is 0 Å². The van der Waals surface area contributed by atoms with E-state index in [2.05, 4.69) is 27.4 Å². The van der Waals surface area contributed by atoms with Gasteiger partial charge in [0.15, 0.2) is 0 Å². The van der Waals surface area contributed by atoms with E-state index in [0.29, 0.717) is 0 Å². The Balaban J connectivity index is 4.56. The predicted molar refractivity (Wildman–Crippen MR) is 81.9 cm³/mol. The first-order valence-corrected chi connectivity index (χ1v) is 9.12. The number of rotatable bonds is 12. The first-order chi connectivity index (χ1) is 8.60. The van der Waals surface area contributed by atoms with E-state index in [-0.39, 0.29) is 5.60 Å². The maximum absolute atomic E-state index is 6.23. The van der Waals surface area contributed by atoms with Crippen molar-refractivity contribution in [1.82, 2.24) is 0 Å². The van der Waals surface area contributed by atoms with Crippen LogP contribution < -0.4 is 0 Å². The molecule has 0 aromatic heterocycles. The van der Waals surface area contributed by atoms with E-state index in [1.54, 1.807) is 0 Å². The van der Waals surface area contributed by atoms with E-state index >= 15 is 0 Å². The van der Waals surface area contributed by atoms with E-state index in [1.165, 1.54) is 86.7 Å². The second-order valence-electron chi connectivity index (χ2n) is 5.37. The third-order valence-corrected chi connectivity index (χ3v) is 3.84. The summed E-state index contributed by atoms with van der Waals surface area (Å²) in [5.74, 6) is 0. The molecule has 0 amide bonds. The molecule has 2 heteroatoms. The van der Waals surface area contributed by atoms with Gasteiger partial charge < -0.3 is 0 Å². The van der Waals surface area contributed by atoms with Gasteiger partial charge in [0, 0.05) is 0 Å². The van der Waals surface area contributed by atoms with Crippen LogP contribution in [0, 0.1) is 0 Å². The Kier molecular flexibility index (Phi) is 11.4. The third kappa shape index (κ3) is 8.44. The molecule has 0 aliphatic carbocycles. The van der Waals surface area contributed by atoms with Crippen LogP contribution in [0.3, 0.4) is 0 Å². The van der Waals surface area contributed by atoms with Crippen molar-refractivity contribution in [2.75, 3.05) is 0 Å². The summed E-state index contributed by atoms with van der Waals surface area (Å²) in [5, 5.41) is 0. The van der Waals surface area contributed by atoms with Gasteiger partial charge in [-0.15, -0.1) is 0 Å². The van der Waals surface area contributed by atoms with Crippen molar-refractivity contribution in [1.29, 1.82) is 0 Å². The van der Waals surface area contributed by atoms with Gasteiger partial charge in [-0.25, -0.2) is 0 Å². The minimum absolute atomic E-state index is 0.0989. The van der Waals surface area contributed by atoms with Crippen LogP contribution in [0.4, 0.5) is 0 Å². The molecule has 0 aliphatic rings. The van der Waals surface area contributed by atoms with Crippen molar-refractivity contribution in [3.05, 3.63) is 10.4 Å². The number of hydrogen-bond acceptors (Lipinski definition) is 1. The molecule has 0 aliphatic heterocycles. The van der Waals surface area contributed by atoms with Gasteiger partial charge in [0.1, 0.15) is 0 Å². The van der Waals surface area contributed by atoms with E-state index in [9.17, 15) is 0 Å².